The molecule has 0 aliphatic carbocycles. The predicted octanol–water partition coefficient (Wildman–Crippen LogP) is 0.439. The molecule has 0 bridgehead atoms. The zero-order chi connectivity index (χ0) is 10.9. The maximum Gasteiger partial charge on any atom is 0.280 e. The van der Waals surface area contributed by atoms with Crippen LogP contribution in [0.3, 0.4) is 0 Å². The third-order valence-corrected chi connectivity index (χ3v) is 2.31. The van der Waals surface area contributed by atoms with Crippen molar-refractivity contribution in [3.63, 3.8) is 0 Å². The molecule has 0 spiro atoms. The lowest BCUT2D eigenvalue weighted by Gasteiger charge is -2.16. The van der Waals surface area contributed by atoms with Crippen LogP contribution in [0.1, 0.15) is 26.1 Å². The Morgan fingerprint density at radius 1 is 1.60 bits per heavy atom. The van der Waals surface area contributed by atoms with Crippen molar-refractivity contribution in [3.05, 3.63) is 12.0 Å². The maximum atomic E-state index is 5.98. The summed E-state index contributed by atoms with van der Waals surface area (Å²) < 4.78 is 5.03. The van der Waals surface area contributed by atoms with Crippen LogP contribution >= 0.6 is 0 Å². The van der Waals surface area contributed by atoms with Crippen LogP contribution in [0.15, 0.2) is 10.7 Å². The molecule has 80 valence electrons. The van der Waals surface area contributed by atoms with Gasteiger partial charge in [0.2, 0.25) is 0 Å². The van der Waals surface area contributed by atoms with Crippen molar-refractivity contribution >= 4 is 0 Å². The number of nitrogens with one attached hydrogen (secondary N) is 1. The van der Waals surface area contributed by atoms with Crippen molar-refractivity contribution < 1.29 is 4.52 Å². The fourth-order valence-electron chi connectivity index (χ4n) is 1.02. The SMILES string of the molecule is CCC(C)(N)c1noc(-c2cn[nH]n2)n1. The van der Waals surface area contributed by atoms with E-state index in [9.17, 15) is 0 Å². The molecule has 0 saturated carbocycles. The summed E-state index contributed by atoms with van der Waals surface area (Å²) in [6, 6.07) is 0. The van der Waals surface area contributed by atoms with E-state index in [2.05, 4.69) is 25.6 Å². The first-order valence-corrected chi connectivity index (χ1v) is 4.62. The van der Waals surface area contributed by atoms with Gasteiger partial charge in [-0.1, -0.05) is 12.1 Å². The highest BCUT2D eigenvalue weighted by Crippen LogP contribution is 2.21. The Balaban J connectivity index is 2.33. The summed E-state index contributed by atoms with van der Waals surface area (Å²) >= 11 is 0. The summed E-state index contributed by atoms with van der Waals surface area (Å²) in [5, 5.41) is 13.8. The zero-order valence-electron chi connectivity index (χ0n) is 8.56. The molecule has 7 nitrogen and oxygen atoms in total. The normalized spacial score (nSPS) is 15.1. The summed E-state index contributed by atoms with van der Waals surface area (Å²) in [4.78, 5) is 4.17. The van der Waals surface area contributed by atoms with Gasteiger partial charge in [-0.25, -0.2) is 0 Å². The fourth-order valence-corrected chi connectivity index (χ4v) is 1.02. The maximum absolute atomic E-state index is 5.98. The van der Waals surface area contributed by atoms with Crippen LogP contribution in [-0.4, -0.2) is 25.6 Å². The number of hydrogen-bond donors (Lipinski definition) is 2. The van der Waals surface area contributed by atoms with Gasteiger partial charge in [0.15, 0.2) is 11.5 Å². The van der Waals surface area contributed by atoms with Crippen molar-refractivity contribution in [1.82, 2.24) is 25.6 Å². The molecule has 0 amide bonds. The van der Waals surface area contributed by atoms with Gasteiger partial charge in [0, 0.05) is 0 Å². The van der Waals surface area contributed by atoms with E-state index in [4.69, 9.17) is 10.3 Å². The summed E-state index contributed by atoms with van der Waals surface area (Å²) in [6.45, 7) is 3.82. The Bertz CT molecular complexity index is 432. The summed E-state index contributed by atoms with van der Waals surface area (Å²) in [5.74, 6) is 0.798. The van der Waals surface area contributed by atoms with Crippen molar-refractivity contribution in [2.45, 2.75) is 25.8 Å². The standard InChI is InChI=1S/C8H12N6O/c1-3-8(2,9)7-11-6(15-13-7)5-4-10-14-12-5/h4H,3,9H2,1-2H3,(H,10,12,14). The molecule has 0 aromatic carbocycles. The second kappa shape index (κ2) is 3.43. The minimum atomic E-state index is -0.578. The van der Waals surface area contributed by atoms with Crippen LogP contribution in [0.5, 0.6) is 0 Å². The number of hydrogen-bond acceptors (Lipinski definition) is 6. The summed E-state index contributed by atoms with van der Waals surface area (Å²) in [5.41, 5.74) is 5.91. The smallest absolute Gasteiger partial charge is 0.280 e. The van der Waals surface area contributed by atoms with Gasteiger partial charge >= 0.3 is 0 Å². The predicted molar refractivity (Wildman–Crippen MR) is 51.5 cm³/mol. The van der Waals surface area contributed by atoms with Crippen LogP contribution in [0, 0.1) is 0 Å². The molecule has 0 saturated heterocycles. The topological polar surface area (TPSA) is 107 Å². The third kappa shape index (κ3) is 1.73. The highest BCUT2D eigenvalue weighted by molar-refractivity contribution is 5.43. The number of rotatable bonds is 3. The van der Waals surface area contributed by atoms with Crippen LogP contribution in [0.4, 0.5) is 0 Å². The second-order valence-electron chi connectivity index (χ2n) is 3.55. The Kier molecular flexibility index (Phi) is 2.24. The van der Waals surface area contributed by atoms with E-state index in [1.54, 1.807) is 0 Å². The van der Waals surface area contributed by atoms with E-state index in [0.717, 1.165) is 6.42 Å². The minimum Gasteiger partial charge on any atom is -0.332 e. The first-order chi connectivity index (χ1) is 7.13. The molecule has 2 rings (SSSR count). The highest BCUT2D eigenvalue weighted by atomic mass is 16.5. The van der Waals surface area contributed by atoms with Gasteiger partial charge in [0.05, 0.1) is 11.7 Å². The lowest BCUT2D eigenvalue weighted by molar-refractivity contribution is 0.378. The van der Waals surface area contributed by atoms with Gasteiger partial charge in [0.25, 0.3) is 5.89 Å². The molecule has 15 heavy (non-hydrogen) atoms. The molecule has 1 unspecified atom stereocenters. The van der Waals surface area contributed by atoms with Crippen molar-refractivity contribution in [2.24, 2.45) is 5.73 Å². The first-order valence-electron chi connectivity index (χ1n) is 4.62. The molecule has 3 N–H and O–H groups in total. The average molecular weight is 208 g/mol. The van der Waals surface area contributed by atoms with Crippen LogP contribution in [0.25, 0.3) is 11.6 Å². The molecular formula is C8H12N6O. The molecular weight excluding hydrogens is 196 g/mol. The van der Waals surface area contributed by atoms with Gasteiger partial charge in [0.1, 0.15) is 0 Å². The first kappa shape index (κ1) is 9.78. The highest BCUT2D eigenvalue weighted by Gasteiger charge is 2.26. The van der Waals surface area contributed by atoms with Crippen molar-refractivity contribution in [2.75, 3.05) is 0 Å². The Morgan fingerprint density at radius 2 is 2.40 bits per heavy atom. The van der Waals surface area contributed by atoms with E-state index in [1.807, 2.05) is 13.8 Å². The molecule has 1 atom stereocenters. The molecule has 2 aromatic rings. The zero-order valence-corrected chi connectivity index (χ0v) is 8.56. The van der Waals surface area contributed by atoms with Crippen LogP contribution in [-0.2, 0) is 5.54 Å². The molecule has 0 aliphatic rings. The number of aromatic amines is 1. The van der Waals surface area contributed by atoms with E-state index in [1.165, 1.54) is 6.20 Å². The van der Waals surface area contributed by atoms with Gasteiger partial charge in [-0.2, -0.15) is 20.4 Å². The van der Waals surface area contributed by atoms with E-state index in [-0.39, 0.29) is 0 Å². The molecule has 2 aromatic heterocycles. The number of aromatic nitrogens is 5. The number of nitrogens with zero attached hydrogens (tertiary/aromatic N) is 4. The number of nitrogens with two attached hydrogens (primary N) is 1. The third-order valence-electron chi connectivity index (χ3n) is 2.31. The molecule has 0 radical (unpaired) electrons. The lowest BCUT2D eigenvalue weighted by atomic mass is 10.0. The minimum absolute atomic E-state index is 0.323. The van der Waals surface area contributed by atoms with Gasteiger partial charge in [-0.15, -0.1) is 0 Å². The molecule has 2 heterocycles. The average Bonchev–Trinajstić information content (AvgIpc) is 2.88. The van der Waals surface area contributed by atoms with Crippen molar-refractivity contribution in [1.29, 1.82) is 0 Å². The van der Waals surface area contributed by atoms with Crippen molar-refractivity contribution in [3.8, 4) is 11.6 Å². The monoisotopic (exact) mass is 208 g/mol. The summed E-state index contributed by atoms with van der Waals surface area (Å²) in [6.07, 6.45) is 2.24. The Labute approximate surface area is 86.1 Å². The molecule has 7 heteroatoms. The van der Waals surface area contributed by atoms with Crippen LogP contribution in [0.2, 0.25) is 0 Å². The summed E-state index contributed by atoms with van der Waals surface area (Å²) in [7, 11) is 0. The largest absolute Gasteiger partial charge is 0.332 e. The molecule has 0 aliphatic heterocycles. The van der Waals surface area contributed by atoms with E-state index < -0.39 is 5.54 Å². The van der Waals surface area contributed by atoms with Crippen LogP contribution < -0.4 is 5.73 Å². The fraction of sp³-hybridized carbons (Fsp3) is 0.500. The van der Waals surface area contributed by atoms with Gasteiger partial charge < -0.3 is 10.3 Å². The van der Waals surface area contributed by atoms with Gasteiger partial charge in [-0.3, -0.25) is 0 Å². The Morgan fingerprint density at radius 3 is 3.00 bits per heavy atom. The number of H-pyrrole nitrogens is 1. The lowest BCUT2D eigenvalue weighted by Crippen LogP contribution is -2.33. The van der Waals surface area contributed by atoms with E-state index >= 15 is 0 Å². The second-order valence-corrected chi connectivity index (χ2v) is 3.55. The quantitative estimate of drug-likeness (QED) is 0.757. The Hall–Kier alpha value is -1.76. The van der Waals surface area contributed by atoms with E-state index in [0.29, 0.717) is 17.4 Å². The van der Waals surface area contributed by atoms with Gasteiger partial charge in [-0.05, 0) is 13.3 Å². The molecule has 0 fully saturated rings.